The molecule has 156 valence electrons. The third kappa shape index (κ3) is 7.77. The molecule has 0 saturated heterocycles. The van der Waals surface area contributed by atoms with Crippen LogP contribution in [0, 0.1) is 12.7 Å². The van der Waals surface area contributed by atoms with Gasteiger partial charge in [-0.2, -0.15) is 0 Å². The van der Waals surface area contributed by atoms with Crippen molar-refractivity contribution in [3.63, 3.8) is 0 Å². The summed E-state index contributed by atoms with van der Waals surface area (Å²) in [5, 5.41) is 6.67. The highest BCUT2D eigenvalue weighted by molar-refractivity contribution is 14.0. The average molecular weight is 501 g/mol. The molecule has 0 atom stereocenters. The van der Waals surface area contributed by atoms with Crippen molar-refractivity contribution in [2.24, 2.45) is 4.99 Å². The molecule has 0 spiro atoms. The first-order valence-electron chi connectivity index (χ1n) is 9.68. The predicted octanol–water partition coefficient (Wildman–Crippen LogP) is 4.26. The zero-order valence-corrected chi connectivity index (χ0v) is 19.7. The van der Waals surface area contributed by atoms with E-state index >= 15 is 0 Å². The molecule has 0 bridgehead atoms. The number of rotatable bonds is 9. The Morgan fingerprint density at radius 2 is 2.04 bits per heavy atom. The lowest BCUT2D eigenvalue weighted by molar-refractivity contribution is 0.528. The number of aromatic nitrogens is 2. The topological polar surface area (TPSA) is 54.2 Å². The van der Waals surface area contributed by atoms with Crippen LogP contribution in [0.1, 0.15) is 45.0 Å². The van der Waals surface area contributed by atoms with Crippen molar-refractivity contribution in [3.8, 4) is 0 Å². The molecule has 1 heterocycles. The van der Waals surface area contributed by atoms with Gasteiger partial charge in [0.1, 0.15) is 11.6 Å². The van der Waals surface area contributed by atoms with E-state index in [9.17, 15) is 4.39 Å². The molecule has 0 radical (unpaired) electrons. The Balaban J connectivity index is 0.00000392. The van der Waals surface area contributed by atoms with Gasteiger partial charge in [0.15, 0.2) is 5.96 Å². The molecule has 0 aliphatic carbocycles. The van der Waals surface area contributed by atoms with Gasteiger partial charge >= 0.3 is 0 Å². The Morgan fingerprint density at radius 3 is 2.68 bits per heavy atom. The van der Waals surface area contributed by atoms with E-state index in [4.69, 9.17) is 4.99 Å². The van der Waals surface area contributed by atoms with E-state index in [1.165, 1.54) is 6.07 Å². The lowest BCUT2D eigenvalue weighted by Gasteiger charge is -2.24. The highest BCUT2D eigenvalue weighted by atomic mass is 127. The van der Waals surface area contributed by atoms with Gasteiger partial charge in [-0.25, -0.2) is 9.37 Å². The number of unbranched alkanes of at least 4 members (excludes halogenated alkanes) is 1. The minimum atomic E-state index is -0.233. The van der Waals surface area contributed by atoms with Gasteiger partial charge in [-0.15, -0.1) is 24.0 Å². The van der Waals surface area contributed by atoms with E-state index < -0.39 is 0 Å². The van der Waals surface area contributed by atoms with Crippen molar-refractivity contribution in [1.82, 2.24) is 20.2 Å². The van der Waals surface area contributed by atoms with Gasteiger partial charge in [0, 0.05) is 37.4 Å². The molecule has 2 rings (SSSR count). The first-order chi connectivity index (χ1) is 12.9. The van der Waals surface area contributed by atoms with Crippen LogP contribution in [0.4, 0.5) is 4.39 Å². The van der Waals surface area contributed by atoms with E-state index in [1.807, 2.05) is 25.4 Å². The summed E-state index contributed by atoms with van der Waals surface area (Å²) in [5.74, 6) is 1.65. The van der Waals surface area contributed by atoms with Gasteiger partial charge in [0.25, 0.3) is 0 Å². The van der Waals surface area contributed by atoms with Gasteiger partial charge in [-0.3, -0.25) is 4.99 Å². The standard InChI is InChI=1S/C21H32FN5.HI/c1-5-23-20(25-11-6-7-13-27-14-12-24-17(27)2)26-16-21(3,4)18-9-8-10-19(22)15-18;/h8-10,12,14-15H,5-7,11,13,16H2,1-4H3,(H2,23,25,26);1H. The van der Waals surface area contributed by atoms with Crippen molar-refractivity contribution >= 4 is 29.9 Å². The first kappa shape index (κ1) is 24.4. The summed E-state index contributed by atoms with van der Waals surface area (Å²) >= 11 is 0. The van der Waals surface area contributed by atoms with Gasteiger partial charge in [0.05, 0.1) is 6.54 Å². The molecule has 2 aromatic rings. The molecule has 1 aromatic carbocycles. The molecule has 7 heteroatoms. The average Bonchev–Trinajstić information content (AvgIpc) is 3.04. The zero-order valence-electron chi connectivity index (χ0n) is 17.3. The van der Waals surface area contributed by atoms with Crippen molar-refractivity contribution in [2.75, 3.05) is 19.6 Å². The normalized spacial score (nSPS) is 11.8. The zero-order chi connectivity index (χ0) is 19.7. The number of hydrogen-bond donors (Lipinski definition) is 2. The van der Waals surface area contributed by atoms with E-state index in [0.717, 1.165) is 49.8 Å². The quantitative estimate of drug-likeness (QED) is 0.234. The van der Waals surface area contributed by atoms with Crippen LogP contribution in [0.15, 0.2) is 41.7 Å². The van der Waals surface area contributed by atoms with Crippen LogP contribution in [-0.4, -0.2) is 35.1 Å². The molecule has 0 amide bonds. The summed E-state index contributed by atoms with van der Waals surface area (Å²) in [6, 6.07) is 6.77. The predicted molar refractivity (Wildman–Crippen MR) is 125 cm³/mol. The van der Waals surface area contributed by atoms with Crippen LogP contribution in [0.5, 0.6) is 0 Å². The van der Waals surface area contributed by atoms with Crippen LogP contribution >= 0.6 is 24.0 Å². The van der Waals surface area contributed by atoms with E-state index in [1.54, 1.807) is 12.1 Å². The SMILES string of the molecule is CCNC(=NCC(C)(C)c1cccc(F)c1)NCCCCn1ccnc1C.I. The maximum Gasteiger partial charge on any atom is 0.191 e. The third-order valence-electron chi connectivity index (χ3n) is 4.62. The second kappa shape index (κ2) is 12.0. The first-order valence-corrected chi connectivity index (χ1v) is 9.68. The molecule has 0 fully saturated rings. The van der Waals surface area contributed by atoms with E-state index in [-0.39, 0.29) is 35.2 Å². The minimum Gasteiger partial charge on any atom is -0.357 e. The van der Waals surface area contributed by atoms with Crippen LogP contribution in [0.2, 0.25) is 0 Å². The molecule has 1 aromatic heterocycles. The molecule has 5 nitrogen and oxygen atoms in total. The lowest BCUT2D eigenvalue weighted by Crippen LogP contribution is -2.39. The second-order valence-corrected chi connectivity index (χ2v) is 7.39. The Hall–Kier alpha value is -1.64. The van der Waals surface area contributed by atoms with Gasteiger partial charge in [-0.05, 0) is 44.4 Å². The number of imidazole rings is 1. The summed E-state index contributed by atoms with van der Waals surface area (Å²) in [7, 11) is 0. The number of aryl methyl sites for hydroxylation is 2. The molecular weight excluding hydrogens is 468 g/mol. The number of nitrogens with zero attached hydrogens (tertiary/aromatic N) is 3. The van der Waals surface area contributed by atoms with Crippen molar-refractivity contribution < 1.29 is 4.39 Å². The molecule has 28 heavy (non-hydrogen) atoms. The van der Waals surface area contributed by atoms with Crippen LogP contribution < -0.4 is 10.6 Å². The number of guanidine groups is 1. The van der Waals surface area contributed by atoms with Gasteiger partial charge < -0.3 is 15.2 Å². The molecule has 0 aliphatic heterocycles. The highest BCUT2D eigenvalue weighted by Gasteiger charge is 2.21. The van der Waals surface area contributed by atoms with Crippen LogP contribution in [0.3, 0.4) is 0 Å². The number of nitrogens with one attached hydrogen (secondary N) is 2. The maximum absolute atomic E-state index is 13.5. The summed E-state index contributed by atoms with van der Waals surface area (Å²) in [5.41, 5.74) is 0.724. The van der Waals surface area contributed by atoms with Gasteiger partial charge in [-0.1, -0.05) is 26.0 Å². The number of halogens is 2. The molecule has 0 unspecified atom stereocenters. The summed E-state index contributed by atoms with van der Waals surface area (Å²) in [6.07, 6.45) is 5.99. The summed E-state index contributed by atoms with van der Waals surface area (Å²) < 4.78 is 15.7. The lowest BCUT2D eigenvalue weighted by atomic mass is 9.85. The monoisotopic (exact) mass is 501 g/mol. The number of benzene rings is 1. The fourth-order valence-corrected chi connectivity index (χ4v) is 2.87. The Kier molecular flexibility index (Phi) is 10.5. The van der Waals surface area contributed by atoms with E-state index in [0.29, 0.717) is 6.54 Å². The van der Waals surface area contributed by atoms with Crippen molar-refractivity contribution in [2.45, 2.75) is 52.5 Å². The highest BCUT2D eigenvalue weighted by Crippen LogP contribution is 2.24. The van der Waals surface area contributed by atoms with Crippen LogP contribution in [-0.2, 0) is 12.0 Å². The maximum atomic E-state index is 13.5. The van der Waals surface area contributed by atoms with Crippen molar-refractivity contribution in [3.05, 3.63) is 53.9 Å². The Morgan fingerprint density at radius 1 is 1.25 bits per heavy atom. The number of aliphatic imine (C=N–C) groups is 1. The van der Waals surface area contributed by atoms with Crippen LogP contribution in [0.25, 0.3) is 0 Å². The third-order valence-corrected chi connectivity index (χ3v) is 4.62. The van der Waals surface area contributed by atoms with Gasteiger partial charge in [0.2, 0.25) is 0 Å². The minimum absolute atomic E-state index is 0. The molecule has 2 N–H and O–H groups in total. The smallest absolute Gasteiger partial charge is 0.191 e. The summed E-state index contributed by atoms with van der Waals surface area (Å²) in [4.78, 5) is 8.95. The second-order valence-electron chi connectivity index (χ2n) is 7.39. The number of hydrogen-bond acceptors (Lipinski definition) is 2. The van der Waals surface area contributed by atoms with Crippen molar-refractivity contribution in [1.29, 1.82) is 0 Å². The fourth-order valence-electron chi connectivity index (χ4n) is 2.87. The molecular formula is C21H33FIN5. The Labute approximate surface area is 185 Å². The fraction of sp³-hybridized carbons (Fsp3) is 0.524. The molecule has 0 saturated carbocycles. The largest absolute Gasteiger partial charge is 0.357 e. The van der Waals surface area contributed by atoms with E-state index in [2.05, 4.69) is 41.0 Å². The summed E-state index contributed by atoms with van der Waals surface area (Å²) in [6.45, 7) is 11.5. The Bertz CT molecular complexity index is 742. The molecule has 0 aliphatic rings.